The summed E-state index contributed by atoms with van der Waals surface area (Å²) in [4.78, 5) is 51.8. The molecule has 8 nitrogen and oxygen atoms in total. The molecule has 1 unspecified atom stereocenters. The minimum absolute atomic E-state index is 0.0684. The molecule has 0 saturated carbocycles. The van der Waals surface area contributed by atoms with Crippen LogP contribution in [0.4, 0.5) is 0 Å². The van der Waals surface area contributed by atoms with Crippen LogP contribution in [0.15, 0.2) is 16.9 Å². The molecular weight excluding hydrogens is 376 g/mol. The van der Waals surface area contributed by atoms with Gasteiger partial charge in [0.1, 0.15) is 0 Å². The largest absolute Gasteiger partial charge is 0.465 e. The highest BCUT2D eigenvalue weighted by atomic mass is 35.5. The summed E-state index contributed by atoms with van der Waals surface area (Å²) in [7, 11) is 1.54. The summed E-state index contributed by atoms with van der Waals surface area (Å²) in [5, 5.41) is 0.185. The molecule has 146 valence electrons. The number of nitrogens with zero attached hydrogens (tertiary/aromatic N) is 1. The molecule has 1 N–H and O–H groups in total. The maximum absolute atomic E-state index is 12.9. The van der Waals surface area contributed by atoms with Gasteiger partial charge in [0, 0.05) is 18.5 Å². The number of rotatable bonds is 7. The van der Waals surface area contributed by atoms with E-state index in [0.29, 0.717) is 11.0 Å². The lowest BCUT2D eigenvalue weighted by molar-refractivity contribution is -0.163. The lowest BCUT2D eigenvalue weighted by Crippen LogP contribution is -2.37. The summed E-state index contributed by atoms with van der Waals surface area (Å²) in [5.74, 6) is -4.55. The van der Waals surface area contributed by atoms with E-state index in [1.807, 2.05) is 0 Å². The van der Waals surface area contributed by atoms with Gasteiger partial charge in [0.15, 0.2) is 11.7 Å². The van der Waals surface area contributed by atoms with Crippen LogP contribution in [0.2, 0.25) is 5.02 Å². The number of ether oxygens (including phenoxy) is 2. The molecule has 0 aliphatic heterocycles. The van der Waals surface area contributed by atoms with Crippen LogP contribution in [-0.2, 0) is 26.1 Å². The van der Waals surface area contributed by atoms with Gasteiger partial charge in [-0.05, 0) is 26.0 Å². The fourth-order valence-electron chi connectivity index (χ4n) is 2.81. The van der Waals surface area contributed by atoms with Gasteiger partial charge in [0.2, 0.25) is 0 Å². The number of hydrogen-bond acceptors (Lipinski definition) is 6. The maximum atomic E-state index is 12.9. The Morgan fingerprint density at radius 2 is 1.70 bits per heavy atom. The molecule has 0 spiro atoms. The van der Waals surface area contributed by atoms with Crippen LogP contribution in [0.1, 0.15) is 31.1 Å². The second-order valence-electron chi connectivity index (χ2n) is 5.98. The highest BCUT2D eigenvalue weighted by Gasteiger charge is 2.39. The predicted octanol–water partition coefficient (Wildman–Crippen LogP) is 2.08. The molecule has 1 heterocycles. The number of Topliss-reactive ketones (excluding diaryl/α,β-unsaturated/α-hetero) is 1. The monoisotopic (exact) mass is 396 g/mol. The first kappa shape index (κ1) is 20.7. The standard InChI is InChI=1S/C18H21ClN2O6/c1-5-26-16(23)13(17(24)27-6-2)9(3)15(22)10-7-11(19)14-12(8-10)21(4)18(25)20-14/h7-9,13H,5-6H2,1-4H3,(H,20,25). The Balaban J connectivity index is 2.45. The second kappa shape index (κ2) is 8.39. The predicted molar refractivity (Wildman–Crippen MR) is 98.8 cm³/mol. The number of esters is 2. The van der Waals surface area contributed by atoms with E-state index < -0.39 is 29.6 Å². The van der Waals surface area contributed by atoms with Crippen LogP contribution in [0.3, 0.4) is 0 Å². The second-order valence-corrected chi connectivity index (χ2v) is 6.38. The molecule has 27 heavy (non-hydrogen) atoms. The number of nitrogens with one attached hydrogen (secondary N) is 1. The zero-order valence-corrected chi connectivity index (χ0v) is 16.3. The van der Waals surface area contributed by atoms with E-state index >= 15 is 0 Å². The lowest BCUT2D eigenvalue weighted by Gasteiger charge is -2.20. The summed E-state index contributed by atoms with van der Waals surface area (Å²) >= 11 is 6.18. The average Bonchev–Trinajstić information content (AvgIpc) is 2.90. The van der Waals surface area contributed by atoms with Crippen molar-refractivity contribution in [3.63, 3.8) is 0 Å². The molecule has 0 aliphatic rings. The molecule has 2 aromatic rings. The van der Waals surface area contributed by atoms with E-state index in [1.165, 1.54) is 30.7 Å². The van der Waals surface area contributed by atoms with Gasteiger partial charge in [-0.1, -0.05) is 18.5 Å². The van der Waals surface area contributed by atoms with Crippen molar-refractivity contribution >= 4 is 40.4 Å². The van der Waals surface area contributed by atoms with Gasteiger partial charge in [-0.2, -0.15) is 0 Å². The van der Waals surface area contributed by atoms with Crippen LogP contribution in [0, 0.1) is 11.8 Å². The van der Waals surface area contributed by atoms with Crippen molar-refractivity contribution in [2.75, 3.05) is 13.2 Å². The molecule has 9 heteroatoms. The number of halogens is 1. The molecule has 0 bridgehead atoms. The van der Waals surface area contributed by atoms with Gasteiger partial charge >= 0.3 is 17.6 Å². The fourth-order valence-corrected chi connectivity index (χ4v) is 3.07. The number of carbonyl (C=O) groups excluding carboxylic acids is 3. The van der Waals surface area contributed by atoms with E-state index in [0.717, 1.165) is 0 Å². The molecule has 0 saturated heterocycles. The Labute approximate surface area is 160 Å². The number of aromatic nitrogens is 2. The van der Waals surface area contributed by atoms with Crippen molar-refractivity contribution < 1.29 is 23.9 Å². The minimum atomic E-state index is -1.39. The molecule has 0 aliphatic carbocycles. The van der Waals surface area contributed by atoms with Crippen LogP contribution >= 0.6 is 11.6 Å². The summed E-state index contributed by atoms with van der Waals surface area (Å²) < 4.78 is 11.2. The molecule has 1 aromatic carbocycles. The summed E-state index contributed by atoms with van der Waals surface area (Å²) in [6.45, 7) is 4.80. The number of benzene rings is 1. The number of H-pyrrole nitrogens is 1. The first-order chi connectivity index (χ1) is 12.7. The van der Waals surface area contributed by atoms with Crippen LogP contribution in [-0.4, -0.2) is 40.5 Å². The molecule has 2 rings (SSSR count). The Morgan fingerprint density at radius 1 is 1.15 bits per heavy atom. The number of aromatic amines is 1. The van der Waals surface area contributed by atoms with Crippen molar-refractivity contribution in [3.05, 3.63) is 33.2 Å². The Morgan fingerprint density at radius 3 is 2.22 bits per heavy atom. The van der Waals surface area contributed by atoms with E-state index in [1.54, 1.807) is 13.8 Å². The highest BCUT2D eigenvalue weighted by molar-refractivity contribution is 6.35. The number of hydrogen-bond donors (Lipinski definition) is 1. The van der Waals surface area contributed by atoms with E-state index in [-0.39, 0.29) is 29.5 Å². The van der Waals surface area contributed by atoms with Gasteiger partial charge in [0.05, 0.1) is 29.3 Å². The quantitative estimate of drug-likeness (QED) is 0.436. The number of aryl methyl sites for hydroxylation is 1. The number of ketones is 1. The highest BCUT2D eigenvalue weighted by Crippen LogP contribution is 2.27. The van der Waals surface area contributed by atoms with E-state index in [9.17, 15) is 19.2 Å². The zero-order valence-electron chi connectivity index (χ0n) is 15.5. The molecule has 0 amide bonds. The van der Waals surface area contributed by atoms with E-state index in [2.05, 4.69) is 4.98 Å². The Bertz CT molecular complexity index is 927. The fraction of sp³-hybridized carbons (Fsp3) is 0.444. The molecule has 0 fully saturated rings. The van der Waals surface area contributed by atoms with Crippen molar-refractivity contribution in [2.45, 2.75) is 20.8 Å². The zero-order chi connectivity index (χ0) is 20.3. The minimum Gasteiger partial charge on any atom is -0.465 e. The summed E-state index contributed by atoms with van der Waals surface area (Å²) in [6.07, 6.45) is 0. The third-order valence-corrected chi connectivity index (χ3v) is 4.54. The van der Waals surface area contributed by atoms with Gasteiger partial charge in [0.25, 0.3) is 0 Å². The third kappa shape index (κ3) is 4.05. The Kier molecular flexibility index (Phi) is 6.43. The topological polar surface area (TPSA) is 107 Å². The first-order valence-electron chi connectivity index (χ1n) is 8.48. The first-order valence-corrected chi connectivity index (χ1v) is 8.86. The van der Waals surface area contributed by atoms with Gasteiger partial charge in [-0.15, -0.1) is 0 Å². The van der Waals surface area contributed by atoms with Gasteiger partial charge in [-0.3, -0.25) is 19.0 Å². The van der Waals surface area contributed by atoms with Crippen LogP contribution in [0.25, 0.3) is 11.0 Å². The summed E-state index contributed by atoms with van der Waals surface area (Å²) in [5.41, 5.74) is 0.640. The van der Waals surface area contributed by atoms with Crippen molar-refractivity contribution in [2.24, 2.45) is 18.9 Å². The number of imidazole rings is 1. The van der Waals surface area contributed by atoms with Gasteiger partial charge in [-0.25, -0.2) is 4.79 Å². The SMILES string of the molecule is CCOC(=O)C(C(=O)OCC)C(C)C(=O)c1cc(Cl)c2[nH]c(=O)n(C)c2c1. The molecule has 0 radical (unpaired) electrons. The smallest absolute Gasteiger partial charge is 0.326 e. The number of fused-ring (bicyclic) bond motifs is 1. The third-order valence-electron chi connectivity index (χ3n) is 4.25. The summed E-state index contributed by atoms with van der Waals surface area (Å²) in [6, 6.07) is 2.89. The number of carbonyl (C=O) groups is 3. The Hall–Kier alpha value is -2.61. The molecule has 1 atom stereocenters. The average molecular weight is 397 g/mol. The van der Waals surface area contributed by atoms with Crippen LogP contribution in [0.5, 0.6) is 0 Å². The normalized spacial score (nSPS) is 12.2. The molecular formula is C18H21ClN2O6. The van der Waals surface area contributed by atoms with Crippen molar-refractivity contribution in [1.29, 1.82) is 0 Å². The van der Waals surface area contributed by atoms with Crippen molar-refractivity contribution in [3.8, 4) is 0 Å². The maximum Gasteiger partial charge on any atom is 0.326 e. The molecule has 1 aromatic heterocycles. The van der Waals surface area contributed by atoms with Crippen LogP contribution < -0.4 is 5.69 Å². The lowest BCUT2D eigenvalue weighted by atomic mass is 9.87. The van der Waals surface area contributed by atoms with E-state index in [4.69, 9.17) is 21.1 Å². The van der Waals surface area contributed by atoms with Gasteiger partial charge < -0.3 is 14.5 Å². The van der Waals surface area contributed by atoms with Crippen molar-refractivity contribution in [1.82, 2.24) is 9.55 Å².